The Labute approximate surface area is 264 Å². The lowest BCUT2D eigenvalue weighted by molar-refractivity contribution is 0.0364. The fourth-order valence-corrected chi connectivity index (χ4v) is 5.02. The molecule has 242 valence electrons. The van der Waals surface area contributed by atoms with Crippen LogP contribution in [0.2, 0.25) is 0 Å². The van der Waals surface area contributed by atoms with E-state index in [0.717, 1.165) is 23.4 Å². The number of fused-ring (bicyclic) bond motifs is 1. The number of ether oxygens (including phenoxy) is 3. The van der Waals surface area contributed by atoms with Gasteiger partial charge in [0.25, 0.3) is 11.8 Å². The number of H-pyrrole nitrogens is 1. The SMILES string of the molecule is CCCOCCOCCOc1ccc(F)c(F)c1C(=O)c1ccc(C(=O)N[C@@H]2CNC[C@H]2NC(=O)c2ccc3cn[nH]c3c2)cc1. The topological polar surface area (TPSA) is 144 Å². The van der Waals surface area contributed by atoms with Gasteiger partial charge in [-0.3, -0.25) is 19.5 Å². The summed E-state index contributed by atoms with van der Waals surface area (Å²) < 4.78 is 45.3. The maximum Gasteiger partial charge on any atom is 0.251 e. The highest BCUT2D eigenvalue weighted by Crippen LogP contribution is 2.27. The van der Waals surface area contributed by atoms with Gasteiger partial charge in [-0.1, -0.05) is 25.1 Å². The fraction of sp³-hybridized carbons (Fsp3) is 0.333. The van der Waals surface area contributed by atoms with Gasteiger partial charge in [0.2, 0.25) is 0 Å². The van der Waals surface area contributed by atoms with Crippen LogP contribution in [0, 0.1) is 11.6 Å². The summed E-state index contributed by atoms with van der Waals surface area (Å²) in [6.07, 6.45) is 2.57. The lowest BCUT2D eigenvalue weighted by Crippen LogP contribution is -2.51. The van der Waals surface area contributed by atoms with E-state index in [4.69, 9.17) is 14.2 Å². The van der Waals surface area contributed by atoms with Gasteiger partial charge in [0.15, 0.2) is 17.4 Å². The molecule has 0 radical (unpaired) electrons. The zero-order valence-electron chi connectivity index (χ0n) is 25.2. The molecular weight excluding hydrogens is 600 g/mol. The largest absolute Gasteiger partial charge is 0.490 e. The molecule has 11 nitrogen and oxygen atoms in total. The van der Waals surface area contributed by atoms with Crippen LogP contribution in [0.1, 0.15) is 50.0 Å². The predicted molar refractivity (Wildman–Crippen MR) is 165 cm³/mol. The highest BCUT2D eigenvalue weighted by atomic mass is 19.2. The van der Waals surface area contributed by atoms with Crippen molar-refractivity contribution in [1.29, 1.82) is 0 Å². The molecule has 2 heterocycles. The van der Waals surface area contributed by atoms with Gasteiger partial charge < -0.3 is 30.2 Å². The van der Waals surface area contributed by atoms with E-state index in [2.05, 4.69) is 26.1 Å². The van der Waals surface area contributed by atoms with Crippen LogP contribution in [-0.4, -0.2) is 86.0 Å². The monoisotopic (exact) mass is 635 g/mol. The van der Waals surface area contributed by atoms with Crippen molar-refractivity contribution in [2.24, 2.45) is 0 Å². The summed E-state index contributed by atoms with van der Waals surface area (Å²) in [6, 6.07) is 12.1. The van der Waals surface area contributed by atoms with Crippen LogP contribution >= 0.6 is 0 Å². The molecule has 1 saturated heterocycles. The molecule has 4 N–H and O–H groups in total. The van der Waals surface area contributed by atoms with E-state index >= 15 is 0 Å². The summed E-state index contributed by atoms with van der Waals surface area (Å²) >= 11 is 0. The molecule has 0 aliphatic carbocycles. The number of aromatic amines is 1. The van der Waals surface area contributed by atoms with E-state index in [1.54, 1.807) is 24.4 Å². The van der Waals surface area contributed by atoms with E-state index in [1.165, 1.54) is 30.3 Å². The van der Waals surface area contributed by atoms with Crippen LogP contribution in [-0.2, 0) is 9.47 Å². The average molecular weight is 636 g/mol. The van der Waals surface area contributed by atoms with Crippen molar-refractivity contribution >= 4 is 28.5 Å². The highest BCUT2D eigenvalue weighted by molar-refractivity contribution is 6.11. The number of carbonyl (C=O) groups is 3. The maximum atomic E-state index is 14.8. The minimum absolute atomic E-state index is 0.00912. The maximum absolute atomic E-state index is 14.8. The first-order chi connectivity index (χ1) is 22.4. The third-order valence-electron chi connectivity index (χ3n) is 7.45. The zero-order chi connectivity index (χ0) is 32.5. The van der Waals surface area contributed by atoms with Gasteiger partial charge in [0, 0.05) is 41.8 Å². The fourth-order valence-electron chi connectivity index (χ4n) is 5.02. The van der Waals surface area contributed by atoms with Crippen molar-refractivity contribution in [3.8, 4) is 5.75 Å². The summed E-state index contributed by atoms with van der Waals surface area (Å²) in [4.78, 5) is 39.2. The van der Waals surface area contributed by atoms with Crippen molar-refractivity contribution in [1.82, 2.24) is 26.1 Å². The molecule has 4 aromatic rings. The number of hydrogen-bond donors (Lipinski definition) is 4. The van der Waals surface area contributed by atoms with Crippen molar-refractivity contribution in [2.45, 2.75) is 25.4 Å². The Hall–Kier alpha value is -4.72. The molecule has 2 amide bonds. The lowest BCUT2D eigenvalue weighted by atomic mass is 10.00. The van der Waals surface area contributed by atoms with E-state index in [1.807, 2.05) is 6.92 Å². The number of aromatic nitrogens is 2. The van der Waals surface area contributed by atoms with Crippen LogP contribution in [0.5, 0.6) is 5.75 Å². The van der Waals surface area contributed by atoms with Gasteiger partial charge in [-0.05, 0) is 42.8 Å². The van der Waals surface area contributed by atoms with E-state index in [9.17, 15) is 23.2 Å². The molecule has 1 aromatic heterocycles. The molecule has 1 fully saturated rings. The van der Waals surface area contributed by atoms with Gasteiger partial charge >= 0.3 is 0 Å². The Kier molecular flexibility index (Phi) is 11.0. The molecule has 5 rings (SSSR count). The number of nitrogens with zero attached hydrogens (tertiary/aromatic N) is 1. The summed E-state index contributed by atoms with van der Waals surface area (Å²) in [5.41, 5.74) is 0.928. The standard InChI is InChI=1S/C33H35F2N5O6/c1-2-11-44-12-13-45-14-15-46-28-10-9-24(34)30(35)29(28)31(41)20-3-5-21(6-4-20)32(42)38-26-18-36-19-27(26)39-33(43)22-7-8-23-17-37-40-25(23)16-22/h3-10,16-17,26-27,36H,2,11-15,18-19H2,1H3,(H,37,40)(H,38,42)(H,39,43)/t26-,27-/m1/s1. The van der Waals surface area contributed by atoms with E-state index < -0.39 is 34.9 Å². The number of carbonyl (C=O) groups excluding carboxylic acids is 3. The molecule has 0 bridgehead atoms. The predicted octanol–water partition coefficient (Wildman–Crippen LogP) is 3.39. The molecule has 3 aromatic carbocycles. The van der Waals surface area contributed by atoms with Gasteiger partial charge in [-0.25, -0.2) is 8.78 Å². The second kappa shape index (κ2) is 15.5. The van der Waals surface area contributed by atoms with Crippen LogP contribution in [0.4, 0.5) is 8.78 Å². The van der Waals surface area contributed by atoms with Gasteiger partial charge in [-0.2, -0.15) is 5.10 Å². The summed E-state index contributed by atoms with van der Waals surface area (Å²) in [7, 11) is 0. The second-order valence-electron chi connectivity index (χ2n) is 10.7. The van der Waals surface area contributed by atoms with Gasteiger partial charge in [0.05, 0.1) is 43.6 Å². The second-order valence-corrected chi connectivity index (χ2v) is 10.7. The van der Waals surface area contributed by atoms with Crippen LogP contribution < -0.4 is 20.7 Å². The zero-order valence-corrected chi connectivity index (χ0v) is 25.2. The molecule has 2 atom stereocenters. The first kappa shape index (κ1) is 32.7. The third kappa shape index (κ3) is 7.91. The number of benzene rings is 3. The number of halogens is 2. The quantitative estimate of drug-likeness (QED) is 0.115. The van der Waals surface area contributed by atoms with Crippen LogP contribution in [0.15, 0.2) is 60.8 Å². The molecule has 1 aliphatic heterocycles. The molecule has 0 saturated carbocycles. The number of ketones is 1. The van der Waals surface area contributed by atoms with Crippen LogP contribution in [0.3, 0.4) is 0 Å². The Balaban J connectivity index is 1.18. The molecule has 13 heteroatoms. The van der Waals surface area contributed by atoms with E-state index in [0.29, 0.717) is 38.5 Å². The van der Waals surface area contributed by atoms with Crippen molar-refractivity contribution in [3.05, 3.63) is 94.7 Å². The average Bonchev–Trinajstić information content (AvgIpc) is 3.72. The van der Waals surface area contributed by atoms with Gasteiger partial charge in [0.1, 0.15) is 17.9 Å². The minimum Gasteiger partial charge on any atom is -0.490 e. The molecule has 0 unspecified atom stereocenters. The minimum atomic E-state index is -1.33. The van der Waals surface area contributed by atoms with Crippen LogP contribution in [0.25, 0.3) is 10.9 Å². The number of amides is 2. The number of nitrogens with one attached hydrogen (secondary N) is 4. The van der Waals surface area contributed by atoms with E-state index in [-0.39, 0.29) is 42.0 Å². The molecular formula is C33H35F2N5O6. The highest BCUT2D eigenvalue weighted by Gasteiger charge is 2.30. The Morgan fingerprint density at radius 3 is 2.17 bits per heavy atom. The summed E-state index contributed by atoms with van der Waals surface area (Å²) in [5, 5.41) is 16.7. The Morgan fingerprint density at radius 1 is 0.826 bits per heavy atom. The first-order valence-corrected chi connectivity index (χ1v) is 15.0. The molecule has 46 heavy (non-hydrogen) atoms. The van der Waals surface area contributed by atoms with Gasteiger partial charge in [-0.15, -0.1) is 0 Å². The molecule has 1 aliphatic rings. The third-order valence-corrected chi connectivity index (χ3v) is 7.45. The normalized spacial score (nSPS) is 16.0. The smallest absolute Gasteiger partial charge is 0.251 e. The summed E-state index contributed by atoms with van der Waals surface area (Å²) in [6.45, 7) is 4.48. The Morgan fingerprint density at radius 2 is 1.46 bits per heavy atom. The molecule has 0 spiro atoms. The van der Waals surface area contributed by atoms with Crippen molar-refractivity contribution in [3.63, 3.8) is 0 Å². The van der Waals surface area contributed by atoms with Crippen molar-refractivity contribution in [2.75, 3.05) is 46.1 Å². The first-order valence-electron chi connectivity index (χ1n) is 15.0. The summed E-state index contributed by atoms with van der Waals surface area (Å²) in [5.74, 6) is -4.15. The van der Waals surface area contributed by atoms with Crippen molar-refractivity contribution < 1.29 is 37.4 Å². The number of hydrogen-bond acceptors (Lipinski definition) is 8. The Bertz CT molecular complexity index is 1680. The number of rotatable bonds is 15. The lowest BCUT2D eigenvalue weighted by Gasteiger charge is -2.21.